The SMILES string of the molecule is C=C(/C=N\C(Cl)=N/C)C(C)(F)F. The highest BCUT2D eigenvalue weighted by Crippen LogP contribution is 2.19. The van der Waals surface area contributed by atoms with Gasteiger partial charge in [-0.2, -0.15) is 0 Å². The molecule has 2 nitrogen and oxygen atoms in total. The number of alkyl halides is 2. The van der Waals surface area contributed by atoms with Crippen molar-refractivity contribution in [1.82, 2.24) is 0 Å². The van der Waals surface area contributed by atoms with Crippen LogP contribution in [0.25, 0.3) is 0 Å². The number of allylic oxidation sites excluding steroid dienone is 1. The molecule has 0 saturated heterocycles. The standard InChI is InChI=1S/C7H9ClF2N2/c1-5(7(2,9)10)4-12-6(8)11-3/h4H,1H2,2-3H3/b11-6-,12-4-. The summed E-state index contributed by atoms with van der Waals surface area (Å²) in [5, 5.41) is -0.0830. The first-order valence-corrected chi connectivity index (χ1v) is 3.49. The van der Waals surface area contributed by atoms with E-state index in [2.05, 4.69) is 16.6 Å². The van der Waals surface area contributed by atoms with Crippen LogP contribution in [0, 0.1) is 0 Å². The van der Waals surface area contributed by atoms with Gasteiger partial charge in [0.15, 0.2) is 0 Å². The van der Waals surface area contributed by atoms with Crippen LogP contribution in [0.5, 0.6) is 0 Å². The zero-order valence-corrected chi connectivity index (χ0v) is 7.57. The van der Waals surface area contributed by atoms with E-state index < -0.39 is 11.5 Å². The minimum Gasteiger partial charge on any atom is -0.260 e. The molecule has 0 amide bonds. The highest BCUT2D eigenvalue weighted by atomic mass is 35.5. The first-order chi connectivity index (χ1) is 5.38. The molecular formula is C7H9ClF2N2. The van der Waals surface area contributed by atoms with Crippen molar-refractivity contribution < 1.29 is 8.78 Å². The van der Waals surface area contributed by atoms with Gasteiger partial charge in [-0.25, -0.2) is 13.8 Å². The molecule has 0 saturated carbocycles. The molecule has 0 fully saturated rings. The summed E-state index contributed by atoms with van der Waals surface area (Å²) >= 11 is 5.33. The van der Waals surface area contributed by atoms with Gasteiger partial charge in [0.2, 0.25) is 5.29 Å². The van der Waals surface area contributed by atoms with E-state index in [-0.39, 0.29) is 5.29 Å². The average molecular weight is 195 g/mol. The predicted molar refractivity (Wildman–Crippen MR) is 47.5 cm³/mol. The van der Waals surface area contributed by atoms with Gasteiger partial charge in [0, 0.05) is 25.8 Å². The molecule has 0 radical (unpaired) electrons. The molecule has 0 heterocycles. The highest BCUT2D eigenvalue weighted by Gasteiger charge is 2.23. The Morgan fingerprint density at radius 3 is 2.42 bits per heavy atom. The molecule has 0 N–H and O–H groups in total. The minimum absolute atomic E-state index is 0.0830. The third kappa shape index (κ3) is 4.18. The molecule has 12 heavy (non-hydrogen) atoms. The van der Waals surface area contributed by atoms with Crippen LogP contribution < -0.4 is 0 Å². The summed E-state index contributed by atoms with van der Waals surface area (Å²) in [5.74, 6) is -2.96. The van der Waals surface area contributed by atoms with Gasteiger partial charge in [-0.1, -0.05) is 6.58 Å². The molecule has 0 spiro atoms. The fourth-order valence-corrected chi connectivity index (χ4v) is 0.351. The maximum absolute atomic E-state index is 12.4. The van der Waals surface area contributed by atoms with E-state index in [0.29, 0.717) is 0 Å². The molecule has 0 rings (SSSR count). The molecule has 0 bridgehead atoms. The zero-order valence-electron chi connectivity index (χ0n) is 6.81. The molecule has 5 heteroatoms. The highest BCUT2D eigenvalue weighted by molar-refractivity contribution is 6.65. The van der Waals surface area contributed by atoms with E-state index in [0.717, 1.165) is 13.1 Å². The van der Waals surface area contributed by atoms with Gasteiger partial charge in [0.05, 0.1) is 0 Å². The molecule has 0 aromatic carbocycles. The Kier molecular flexibility index (Phi) is 4.03. The number of rotatable bonds is 2. The van der Waals surface area contributed by atoms with Gasteiger partial charge in [-0.15, -0.1) is 0 Å². The molecular weight excluding hydrogens is 186 g/mol. The van der Waals surface area contributed by atoms with Crippen LogP contribution >= 0.6 is 11.6 Å². The zero-order chi connectivity index (χ0) is 9.78. The van der Waals surface area contributed by atoms with Crippen molar-refractivity contribution >= 4 is 23.1 Å². The Morgan fingerprint density at radius 1 is 1.58 bits per heavy atom. The van der Waals surface area contributed by atoms with Crippen molar-refractivity contribution in [2.45, 2.75) is 12.8 Å². The lowest BCUT2D eigenvalue weighted by molar-refractivity contribution is 0.0712. The number of halogens is 3. The van der Waals surface area contributed by atoms with Crippen LogP contribution in [0.4, 0.5) is 8.78 Å². The quantitative estimate of drug-likeness (QED) is 0.367. The fourth-order valence-electron chi connectivity index (χ4n) is 0.302. The second-order valence-corrected chi connectivity index (χ2v) is 2.50. The van der Waals surface area contributed by atoms with E-state index in [9.17, 15) is 8.78 Å². The third-order valence-electron chi connectivity index (χ3n) is 1.08. The van der Waals surface area contributed by atoms with Crippen molar-refractivity contribution in [2.24, 2.45) is 9.98 Å². The van der Waals surface area contributed by atoms with Gasteiger partial charge in [-0.05, 0) is 11.6 Å². The Hall–Kier alpha value is -0.770. The topological polar surface area (TPSA) is 24.7 Å². The Labute approximate surface area is 74.7 Å². The predicted octanol–water partition coefficient (Wildman–Crippen LogP) is 2.49. The minimum atomic E-state index is -2.96. The van der Waals surface area contributed by atoms with Crippen LogP contribution in [0.3, 0.4) is 0 Å². The molecule has 0 aliphatic rings. The number of amidine groups is 1. The summed E-state index contributed by atoms with van der Waals surface area (Å²) in [6.45, 7) is 3.85. The number of hydrogen-bond acceptors (Lipinski definition) is 1. The van der Waals surface area contributed by atoms with E-state index >= 15 is 0 Å². The van der Waals surface area contributed by atoms with Crippen molar-refractivity contribution in [1.29, 1.82) is 0 Å². The summed E-state index contributed by atoms with van der Waals surface area (Å²) in [7, 11) is 1.41. The molecule has 0 aliphatic carbocycles. The monoisotopic (exact) mass is 194 g/mol. The van der Waals surface area contributed by atoms with Gasteiger partial charge >= 0.3 is 0 Å². The van der Waals surface area contributed by atoms with Crippen LogP contribution in [0.2, 0.25) is 0 Å². The van der Waals surface area contributed by atoms with Crippen LogP contribution in [-0.4, -0.2) is 24.5 Å². The van der Waals surface area contributed by atoms with Crippen LogP contribution in [-0.2, 0) is 0 Å². The van der Waals surface area contributed by atoms with Crippen LogP contribution in [0.15, 0.2) is 22.1 Å². The van der Waals surface area contributed by atoms with E-state index in [4.69, 9.17) is 11.6 Å². The smallest absolute Gasteiger partial charge is 0.260 e. The van der Waals surface area contributed by atoms with Crippen LogP contribution in [0.1, 0.15) is 6.92 Å². The fraction of sp³-hybridized carbons (Fsp3) is 0.429. The van der Waals surface area contributed by atoms with Crippen molar-refractivity contribution in [2.75, 3.05) is 7.05 Å². The largest absolute Gasteiger partial charge is 0.271 e. The first-order valence-electron chi connectivity index (χ1n) is 3.11. The number of aliphatic imine (C=N–C) groups is 2. The lowest BCUT2D eigenvalue weighted by Gasteiger charge is -2.07. The molecule has 0 aromatic rings. The second-order valence-electron chi connectivity index (χ2n) is 2.16. The van der Waals surface area contributed by atoms with Crippen molar-refractivity contribution in [3.05, 3.63) is 12.2 Å². The first kappa shape index (κ1) is 11.2. The van der Waals surface area contributed by atoms with Gasteiger partial charge < -0.3 is 0 Å². The Morgan fingerprint density at radius 2 is 2.08 bits per heavy atom. The summed E-state index contributed by atoms with van der Waals surface area (Å²) < 4.78 is 24.8. The van der Waals surface area contributed by atoms with Crippen molar-refractivity contribution in [3.63, 3.8) is 0 Å². The van der Waals surface area contributed by atoms with Crippen molar-refractivity contribution in [3.8, 4) is 0 Å². The number of hydrogen-bond donors (Lipinski definition) is 0. The summed E-state index contributed by atoms with van der Waals surface area (Å²) in [6.07, 6.45) is 0.898. The molecule has 0 aliphatic heterocycles. The lowest BCUT2D eigenvalue weighted by Crippen LogP contribution is -2.13. The van der Waals surface area contributed by atoms with Gasteiger partial charge in [0.1, 0.15) is 0 Å². The summed E-state index contributed by atoms with van der Waals surface area (Å²) in [4.78, 5) is 6.86. The maximum Gasteiger partial charge on any atom is 0.271 e. The average Bonchev–Trinajstić information content (AvgIpc) is 1.97. The molecule has 0 aromatic heterocycles. The van der Waals surface area contributed by atoms with Gasteiger partial charge in [0.25, 0.3) is 5.92 Å². The Balaban J connectivity index is 4.29. The maximum atomic E-state index is 12.4. The summed E-state index contributed by atoms with van der Waals surface area (Å²) in [5.41, 5.74) is -0.399. The van der Waals surface area contributed by atoms with E-state index in [1.807, 2.05) is 0 Å². The molecule has 0 atom stereocenters. The number of nitrogens with zero attached hydrogens (tertiary/aromatic N) is 2. The van der Waals surface area contributed by atoms with E-state index in [1.54, 1.807) is 0 Å². The normalized spacial score (nSPS) is 13.9. The molecule has 68 valence electrons. The Bertz CT molecular complexity index is 228. The summed E-state index contributed by atoms with van der Waals surface area (Å²) in [6, 6.07) is 0. The lowest BCUT2D eigenvalue weighted by atomic mass is 10.2. The third-order valence-corrected chi connectivity index (χ3v) is 1.34. The second kappa shape index (κ2) is 4.30. The van der Waals surface area contributed by atoms with Gasteiger partial charge in [-0.3, -0.25) is 4.99 Å². The molecule has 0 unspecified atom stereocenters. The van der Waals surface area contributed by atoms with E-state index in [1.165, 1.54) is 7.05 Å².